The lowest BCUT2D eigenvalue weighted by Crippen LogP contribution is -2.22. The second-order valence-electron chi connectivity index (χ2n) is 2.44. The van der Waals surface area contributed by atoms with Crippen molar-refractivity contribution in [2.24, 2.45) is 5.92 Å². The topological polar surface area (TPSA) is 26.3 Å². The van der Waals surface area contributed by atoms with Gasteiger partial charge in [-0.2, -0.15) is 0 Å². The Bertz CT molecular complexity index is 91.3. The van der Waals surface area contributed by atoms with Crippen molar-refractivity contribution >= 4 is 6.29 Å². The molecule has 0 rings (SSSR count). The molecule has 0 radical (unpaired) electrons. The Morgan fingerprint density at radius 3 is 2.40 bits per heavy atom. The van der Waals surface area contributed by atoms with E-state index in [0.29, 0.717) is 12.5 Å². The van der Waals surface area contributed by atoms with Crippen LogP contribution in [0, 0.1) is 5.92 Å². The minimum atomic E-state index is -0.199. The van der Waals surface area contributed by atoms with E-state index in [9.17, 15) is 4.79 Å². The monoisotopic (exact) mass is 144 g/mol. The molecule has 0 aromatic carbocycles. The first-order valence-corrected chi connectivity index (χ1v) is 3.83. The first kappa shape index (κ1) is 9.63. The highest BCUT2D eigenvalue weighted by molar-refractivity contribution is 5.56. The molecule has 0 aromatic heterocycles. The third kappa shape index (κ3) is 2.97. The van der Waals surface area contributed by atoms with Crippen molar-refractivity contribution in [3.63, 3.8) is 0 Å². The van der Waals surface area contributed by atoms with E-state index < -0.39 is 0 Å². The summed E-state index contributed by atoms with van der Waals surface area (Å²) in [6.07, 6.45) is 1.68. The van der Waals surface area contributed by atoms with Gasteiger partial charge < -0.3 is 9.53 Å². The number of hydrogen-bond acceptors (Lipinski definition) is 2. The number of carbonyl (C=O) groups excluding carboxylic acids is 1. The lowest BCUT2D eigenvalue weighted by Gasteiger charge is -2.15. The van der Waals surface area contributed by atoms with Crippen molar-refractivity contribution in [2.45, 2.75) is 33.3 Å². The zero-order chi connectivity index (χ0) is 7.98. The molecule has 2 heteroatoms. The van der Waals surface area contributed by atoms with Gasteiger partial charge in [-0.05, 0) is 12.8 Å². The summed E-state index contributed by atoms with van der Waals surface area (Å²) in [6.45, 7) is 6.60. The lowest BCUT2D eigenvalue weighted by molar-refractivity contribution is -0.120. The van der Waals surface area contributed by atoms with Crippen LogP contribution in [0.2, 0.25) is 0 Å². The van der Waals surface area contributed by atoms with Crippen LogP contribution in [0.3, 0.4) is 0 Å². The molecule has 0 bridgehead atoms. The van der Waals surface area contributed by atoms with Gasteiger partial charge in [0.1, 0.15) is 12.4 Å². The van der Waals surface area contributed by atoms with Crippen LogP contribution < -0.4 is 0 Å². The Morgan fingerprint density at radius 2 is 2.10 bits per heavy atom. The molecule has 0 heterocycles. The van der Waals surface area contributed by atoms with Gasteiger partial charge in [0, 0.05) is 6.61 Å². The highest BCUT2D eigenvalue weighted by Crippen LogP contribution is 2.08. The Kier molecular flexibility index (Phi) is 5.22. The van der Waals surface area contributed by atoms with Crippen LogP contribution in [-0.4, -0.2) is 19.0 Å². The molecule has 0 N–H and O–H groups in total. The van der Waals surface area contributed by atoms with Crippen LogP contribution in [-0.2, 0) is 9.53 Å². The number of carbonyl (C=O) groups is 1. The van der Waals surface area contributed by atoms with E-state index in [1.165, 1.54) is 0 Å². The molecule has 10 heavy (non-hydrogen) atoms. The molecule has 60 valence electrons. The summed E-state index contributed by atoms with van der Waals surface area (Å²) in [5.74, 6) is 0.345. The third-order valence-electron chi connectivity index (χ3n) is 1.70. The predicted octanol–water partition coefficient (Wildman–Crippen LogP) is 1.64. The van der Waals surface area contributed by atoms with Gasteiger partial charge in [0.15, 0.2) is 0 Å². The van der Waals surface area contributed by atoms with E-state index in [1.807, 2.05) is 13.8 Å². The molecule has 0 amide bonds. The molecule has 0 spiro atoms. The SMILES string of the molecule is CCOC(C=O)C(C)CC. The van der Waals surface area contributed by atoms with E-state index in [2.05, 4.69) is 6.92 Å². The van der Waals surface area contributed by atoms with Crippen molar-refractivity contribution < 1.29 is 9.53 Å². The van der Waals surface area contributed by atoms with Gasteiger partial charge in [-0.1, -0.05) is 20.3 Å². The molecular formula is C8H16O2. The Balaban J connectivity index is 3.67. The van der Waals surface area contributed by atoms with Gasteiger partial charge in [0.25, 0.3) is 0 Å². The maximum atomic E-state index is 10.4. The van der Waals surface area contributed by atoms with Crippen molar-refractivity contribution in [2.75, 3.05) is 6.61 Å². The quantitative estimate of drug-likeness (QED) is 0.548. The Labute approximate surface area is 62.6 Å². The average molecular weight is 144 g/mol. The molecule has 0 aliphatic carbocycles. The van der Waals surface area contributed by atoms with Crippen LogP contribution in [0.4, 0.5) is 0 Å². The van der Waals surface area contributed by atoms with Crippen LogP contribution >= 0.6 is 0 Å². The molecule has 2 unspecified atom stereocenters. The maximum Gasteiger partial charge on any atom is 0.149 e. The fraction of sp³-hybridized carbons (Fsp3) is 0.875. The van der Waals surface area contributed by atoms with E-state index in [0.717, 1.165) is 12.7 Å². The average Bonchev–Trinajstić information content (AvgIpc) is 1.99. The van der Waals surface area contributed by atoms with Gasteiger partial charge in [-0.3, -0.25) is 0 Å². The number of rotatable bonds is 5. The molecule has 0 aliphatic heterocycles. The lowest BCUT2D eigenvalue weighted by atomic mass is 10.0. The third-order valence-corrected chi connectivity index (χ3v) is 1.70. The van der Waals surface area contributed by atoms with Crippen molar-refractivity contribution in [3.8, 4) is 0 Å². The van der Waals surface area contributed by atoms with Gasteiger partial charge in [-0.25, -0.2) is 0 Å². The van der Waals surface area contributed by atoms with Crippen molar-refractivity contribution in [3.05, 3.63) is 0 Å². The number of hydrogen-bond donors (Lipinski definition) is 0. The van der Waals surface area contributed by atoms with Crippen LogP contribution in [0.5, 0.6) is 0 Å². The summed E-state index contributed by atoms with van der Waals surface area (Å²) in [5, 5.41) is 0. The molecule has 2 atom stereocenters. The molecule has 0 aliphatic rings. The van der Waals surface area contributed by atoms with E-state index in [1.54, 1.807) is 0 Å². The highest BCUT2D eigenvalue weighted by atomic mass is 16.5. The van der Waals surface area contributed by atoms with Crippen LogP contribution in [0.25, 0.3) is 0 Å². The second-order valence-corrected chi connectivity index (χ2v) is 2.44. The van der Waals surface area contributed by atoms with E-state index >= 15 is 0 Å². The second kappa shape index (κ2) is 5.42. The Hall–Kier alpha value is -0.370. The largest absolute Gasteiger partial charge is 0.371 e. The smallest absolute Gasteiger partial charge is 0.149 e. The standard InChI is InChI=1S/C8H16O2/c1-4-7(3)8(6-9)10-5-2/h6-8H,4-5H2,1-3H3. The maximum absolute atomic E-state index is 10.4. The zero-order valence-corrected chi connectivity index (χ0v) is 6.96. The molecule has 2 nitrogen and oxygen atoms in total. The summed E-state index contributed by atoms with van der Waals surface area (Å²) >= 11 is 0. The fourth-order valence-electron chi connectivity index (χ4n) is 0.762. The summed E-state index contributed by atoms with van der Waals surface area (Å²) in [6, 6.07) is 0. The van der Waals surface area contributed by atoms with Gasteiger partial charge >= 0.3 is 0 Å². The van der Waals surface area contributed by atoms with Crippen molar-refractivity contribution in [1.82, 2.24) is 0 Å². The minimum absolute atomic E-state index is 0.199. The molecule has 0 fully saturated rings. The fourth-order valence-corrected chi connectivity index (χ4v) is 0.762. The number of ether oxygens (including phenoxy) is 1. The van der Waals surface area contributed by atoms with Gasteiger partial charge in [0.05, 0.1) is 0 Å². The molecule has 0 aromatic rings. The first-order valence-electron chi connectivity index (χ1n) is 3.83. The summed E-state index contributed by atoms with van der Waals surface area (Å²) in [7, 11) is 0. The first-order chi connectivity index (χ1) is 4.76. The van der Waals surface area contributed by atoms with Crippen LogP contribution in [0.15, 0.2) is 0 Å². The van der Waals surface area contributed by atoms with Gasteiger partial charge in [-0.15, -0.1) is 0 Å². The van der Waals surface area contributed by atoms with E-state index in [-0.39, 0.29) is 6.10 Å². The Morgan fingerprint density at radius 1 is 1.50 bits per heavy atom. The highest BCUT2D eigenvalue weighted by Gasteiger charge is 2.13. The number of aldehydes is 1. The van der Waals surface area contributed by atoms with Crippen molar-refractivity contribution in [1.29, 1.82) is 0 Å². The van der Waals surface area contributed by atoms with Gasteiger partial charge in [0.2, 0.25) is 0 Å². The zero-order valence-electron chi connectivity index (χ0n) is 6.96. The predicted molar refractivity (Wildman–Crippen MR) is 40.9 cm³/mol. The summed E-state index contributed by atoms with van der Waals surface area (Å²) < 4.78 is 5.18. The van der Waals surface area contributed by atoms with Crippen LogP contribution in [0.1, 0.15) is 27.2 Å². The van der Waals surface area contributed by atoms with E-state index in [4.69, 9.17) is 4.74 Å². The minimum Gasteiger partial charge on any atom is -0.371 e. The summed E-state index contributed by atoms with van der Waals surface area (Å²) in [5.41, 5.74) is 0. The summed E-state index contributed by atoms with van der Waals surface area (Å²) in [4.78, 5) is 10.4. The molecule has 0 saturated carbocycles. The molecule has 0 saturated heterocycles. The normalized spacial score (nSPS) is 16.3. The molecular weight excluding hydrogens is 128 g/mol.